The topological polar surface area (TPSA) is 66.1 Å². The second-order valence-corrected chi connectivity index (χ2v) is 3.49. The summed E-state index contributed by atoms with van der Waals surface area (Å²) in [7, 11) is 1.97. The second kappa shape index (κ2) is 3.34. The van der Waals surface area contributed by atoms with Crippen LogP contribution >= 0.6 is 0 Å². The Bertz CT molecular complexity index is 425. The summed E-state index contributed by atoms with van der Waals surface area (Å²) in [4.78, 5) is 30.2. The number of aldehydes is 1. The van der Waals surface area contributed by atoms with Crippen molar-refractivity contribution >= 4 is 6.29 Å². The number of H-pyrrole nitrogens is 1. The Labute approximate surface area is 80.8 Å². The normalized spacial score (nSPS) is 16.4. The van der Waals surface area contributed by atoms with E-state index in [0.29, 0.717) is 12.8 Å². The molecule has 5 nitrogen and oxygen atoms in total. The standard InChI is InChI=1S/C9H11N3O2/c1-12-3-2-7-6(4-12)8(5-13)11-9(14)10-7/h5H,2-4H2,1H3,(H,10,11,14). The Kier molecular flexibility index (Phi) is 2.17. The van der Waals surface area contributed by atoms with Crippen LogP contribution in [0.15, 0.2) is 4.79 Å². The molecular weight excluding hydrogens is 182 g/mol. The van der Waals surface area contributed by atoms with Gasteiger partial charge in [-0.1, -0.05) is 0 Å². The third kappa shape index (κ3) is 1.46. The molecule has 0 aromatic carbocycles. The molecule has 2 rings (SSSR count). The number of nitrogens with zero attached hydrogens (tertiary/aromatic N) is 2. The van der Waals surface area contributed by atoms with Crippen molar-refractivity contribution in [3.63, 3.8) is 0 Å². The fourth-order valence-electron chi connectivity index (χ4n) is 1.70. The molecule has 1 aromatic heterocycles. The van der Waals surface area contributed by atoms with Crippen molar-refractivity contribution in [2.45, 2.75) is 13.0 Å². The summed E-state index contributed by atoms with van der Waals surface area (Å²) >= 11 is 0. The fourth-order valence-corrected chi connectivity index (χ4v) is 1.70. The predicted molar refractivity (Wildman–Crippen MR) is 50.3 cm³/mol. The summed E-state index contributed by atoms with van der Waals surface area (Å²) in [6, 6.07) is 0. The van der Waals surface area contributed by atoms with E-state index in [9.17, 15) is 9.59 Å². The van der Waals surface area contributed by atoms with E-state index in [1.54, 1.807) is 0 Å². The predicted octanol–water partition coefficient (Wildman–Crippen LogP) is -0.430. The van der Waals surface area contributed by atoms with E-state index in [4.69, 9.17) is 0 Å². The average Bonchev–Trinajstić information content (AvgIpc) is 2.17. The van der Waals surface area contributed by atoms with Crippen LogP contribution in [-0.4, -0.2) is 34.7 Å². The van der Waals surface area contributed by atoms with E-state index in [-0.39, 0.29) is 5.69 Å². The second-order valence-electron chi connectivity index (χ2n) is 3.49. The molecule has 0 fully saturated rings. The highest BCUT2D eigenvalue weighted by Gasteiger charge is 2.18. The van der Waals surface area contributed by atoms with Gasteiger partial charge < -0.3 is 9.88 Å². The Morgan fingerprint density at radius 1 is 1.57 bits per heavy atom. The van der Waals surface area contributed by atoms with Gasteiger partial charge in [-0.2, -0.15) is 4.98 Å². The van der Waals surface area contributed by atoms with E-state index < -0.39 is 5.69 Å². The number of carbonyl (C=O) groups excluding carboxylic acids is 1. The number of aromatic amines is 1. The van der Waals surface area contributed by atoms with Crippen LogP contribution in [0, 0.1) is 0 Å². The lowest BCUT2D eigenvalue weighted by molar-refractivity contribution is 0.111. The Balaban J connectivity index is 2.57. The smallest absolute Gasteiger partial charge is 0.309 e. The minimum absolute atomic E-state index is 0.273. The molecule has 0 saturated carbocycles. The molecule has 74 valence electrons. The average molecular weight is 193 g/mol. The van der Waals surface area contributed by atoms with Gasteiger partial charge in [0.1, 0.15) is 5.69 Å². The molecule has 0 radical (unpaired) electrons. The van der Waals surface area contributed by atoms with Crippen LogP contribution in [0.2, 0.25) is 0 Å². The zero-order valence-corrected chi connectivity index (χ0v) is 7.91. The van der Waals surface area contributed by atoms with Crippen molar-refractivity contribution in [3.8, 4) is 0 Å². The van der Waals surface area contributed by atoms with E-state index in [2.05, 4.69) is 14.9 Å². The molecular formula is C9H11N3O2. The molecule has 0 unspecified atom stereocenters. The van der Waals surface area contributed by atoms with E-state index in [1.165, 1.54) is 0 Å². The molecule has 5 heteroatoms. The van der Waals surface area contributed by atoms with Crippen LogP contribution < -0.4 is 5.69 Å². The maximum atomic E-state index is 11.1. The summed E-state index contributed by atoms with van der Waals surface area (Å²) in [6.07, 6.45) is 1.41. The van der Waals surface area contributed by atoms with Gasteiger partial charge in [-0.15, -0.1) is 0 Å². The number of fused-ring (bicyclic) bond motifs is 1. The molecule has 1 aliphatic rings. The molecule has 0 saturated heterocycles. The lowest BCUT2D eigenvalue weighted by Gasteiger charge is -2.24. The highest BCUT2D eigenvalue weighted by atomic mass is 16.1. The first-order valence-electron chi connectivity index (χ1n) is 4.46. The van der Waals surface area contributed by atoms with Crippen LogP contribution in [0.3, 0.4) is 0 Å². The first-order valence-corrected chi connectivity index (χ1v) is 4.46. The summed E-state index contributed by atoms with van der Waals surface area (Å²) in [5.74, 6) is 0. The third-order valence-corrected chi connectivity index (χ3v) is 2.44. The molecule has 0 amide bonds. The minimum Gasteiger partial charge on any atom is -0.309 e. The maximum Gasteiger partial charge on any atom is 0.345 e. The van der Waals surface area contributed by atoms with Gasteiger partial charge in [-0.3, -0.25) is 4.79 Å². The van der Waals surface area contributed by atoms with Gasteiger partial charge in [0.25, 0.3) is 0 Å². The van der Waals surface area contributed by atoms with E-state index in [1.807, 2.05) is 7.05 Å². The van der Waals surface area contributed by atoms with Gasteiger partial charge >= 0.3 is 5.69 Å². The number of aromatic nitrogens is 2. The van der Waals surface area contributed by atoms with Gasteiger partial charge in [0.05, 0.1) is 0 Å². The fraction of sp³-hybridized carbons (Fsp3) is 0.444. The van der Waals surface area contributed by atoms with Gasteiger partial charge in [-0.25, -0.2) is 4.79 Å². The summed E-state index contributed by atoms with van der Waals surface area (Å²) in [6.45, 7) is 1.57. The Morgan fingerprint density at radius 3 is 3.07 bits per heavy atom. The molecule has 0 bridgehead atoms. The quantitative estimate of drug-likeness (QED) is 0.615. The molecule has 1 aliphatic heterocycles. The van der Waals surface area contributed by atoms with Crippen LogP contribution in [-0.2, 0) is 13.0 Å². The number of hydrogen-bond acceptors (Lipinski definition) is 4. The van der Waals surface area contributed by atoms with Gasteiger partial charge in [0.15, 0.2) is 6.29 Å². The molecule has 14 heavy (non-hydrogen) atoms. The molecule has 1 N–H and O–H groups in total. The number of hydrogen-bond donors (Lipinski definition) is 1. The number of rotatable bonds is 1. The SMILES string of the molecule is CN1CCc2[nH]c(=O)nc(C=O)c2C1. The van der Waals surface area contributed by atoms with Gasteiger partial charge in [0.2, 0.25) is 0 Å². The van der Waals surface area contributed by atoms with Crippen molar-refractivity contribution in [1.82, 2.24) is 14.9 Å². The van der Waals surface area contributed by atoms with Crippen molar-refractivity contribution in [2.75, 3.05) is 13.6 Å². The summed E-state index contributed by atoms with van der Waals surface area (Å²) in [5, 5.41) is 0. The molecule has 0 atom stereocenters. The lowest BCUT2D eigenvalue weighted by atomic mass is 10.1. The highest BCUT2D eigenvalue weighted by Crippen LogP contribution is 2.15. The monoisotopic (exact) mass is 193 g/mol. The van der Waals surface area contributed by atoms with Crippen LogP contribution in [0.1, 0.15) is 21.7 Å². The van der Waals surface area contributed by atoms with Crippen molar-refractivity contribution in [3.05, 3.63) is 27.4 Å². The zero-order chi connectivity index (χ0) is 10.1. The number of carbonyl (C=O) groups is 1. The first-order chi connectivity index (χ1) is 6.70. The molecule has 0 spiro atoms. The molecule has 0 aliphatic carbocycles. The van der Waals surface area contributed by atoms with Crippen LogP contribution in [0.25, 0.3) is 0 Å². The number of nitrogens with one attached hydrogen (secondary N) is 1. The largest absolute Gasteiger partial charge is 0.345 e. The van der Waals surface area contributed by atoms with E-state index in [0.717, 1.165) is 24.2 Å². The minimum atomic E-state index is -0.435. The Hall–Kier alpha value is -1.49. The van der Waals surface area contributed by atoms with Crippen molar-refractivity contribution in [1.29, 1.82) is 0 Å². The highest BCUT2D eigenvalue weighted by molar-refractivity contribution is 5.74. The van der Waals surface area contributed by atoms with Crippen molar-refractivity contribution in [2.24, 2.45) is 0 Å². The summed E-state index contributed by atoms with van der Waals surface area (Å²) < 4.78 is 0. The summed E-state index contributed by atoms with van der Waals surface area (Å²) in [5.41, 5.74) is 1.55. The lowest BCUT2D eigenvalue weighted by Crippen LogP contribution is -2.31. The van der Waals surface area contributed by atoms with Crippen molar-refractivity contribution < 1.29 is 4.79 Å². The number of likely N-dealkylation sites (N-methyl/N-ethyl adjacent to an activating group) is 1. The maximum absolute atomic E-state index is 11.1. The Morgan fingerprint density at radius 2 is 2.36 bits per heavy atom. The van der Waals surface area contributed by atoms with Gasteiger partial charge in [-0.05, 0) is 7.05 Å². The van der Waals surface area contributed by atoms with E-state index >= 15 is 0 Å². The first kappa shape index (κ1) is 9.08. The van der Waals surface area contributed by atoms with Crippen LogP contribution in [0.4, 0.5) is 0 Å². The van der Waals surface area contributed by atoms with Gasteiger partial charge in [0, 0.05) is 30.8 Å². The molecule has 1 aromatic rings. The van der Waals surface area contributed by atoms with Crippen LogP contribution in [0.5, 0.6) is 0 Å². The molecule has 2 heterocycles. The zero-order valence-electron chi connectivity index (χ0n) is 7.91. The third-order valence-electron chi connectivity index (χ3n) is 2.44.